The van der Waals surface area contributed by atoms with E-state index in [1.54, 1.807) is 0 Å². The Labute approximate surface area is 52.3 Å². The first-order valence-corrected chi connectivity index (χ1v) is 3.60. The average Bonchev–Trinajstić information content (AvgIpc) is 1.82. The summed E-state index contributed by atoms with van der Waals surface area (Å²) >= 11 is 0. The van der Waals surface area contributed by atoms with Crippen LogP contribution in [-0.2, 0) is 0 Å². The molecule has 1 saturated carbocycles. The first-order valence-electron chi connectivity index (χ1n) is 3.60. The van der Waals surface area contributed by atoms with Crippen LogP contribution in [0.4, 0.5) is 0 Å². The third kappa shape index (κ3) is 1.24. The van der Waals surface area contributed by atoms with Crippen molar-refractivity contribution in [2.24, 2.45) is 11.3 Å². The molecule has 0 nitrogen and oxygen atoms in total. The Bertz CT molecular complexity index is 82.0. The third-order valence-electron chi connectivity index (χ3n) is 2.21. The minimum absolute atomic E-state index is 0.666. The molecule has 0 amide bonds. The van der Waals surface area contributed by atoms with Gasteiger partial charge in [-0.1, -0.05) is 27.2 Å². The normalized spacial score (nSPS) is 35.6. The fraction of sp³-hybridized carbons (Fsp3) is 1.00. The first kappa shape index (κ1) is 6.12. The van der Waals surface area contributed by atoms with Crippen molar-refractivity contribution in [2.75, 3.05) is 0 Å². The summed E-state index contributed by atoms with van der Waals surface area (Å²) in [4.78, 5) is 0. The van der Waals surface area contributed by atoms with Crippen molar-refractivity contribution in [1.29, 1.82) is 0 Å². The standard InChI is InChI=1S/C8H16/c1-7-4-5-8(2,3)6-7/h7H,4-6H2,1-3H3/t7-/m1/s1. The van der Waals surface area contributed by atoms with Gasteiger partial charge in [-0.15, -0.1) is 0 Å². The van der Waals surface area contributed by atoms with Crippen LogP contribution in [0, 0.1) is 11.3 Å². The van der Waals surface area contributed by atoms with Crippen LogP contribution in [0.3, 0.4) is 0 Å². The molecule has 0 unspecified atom stereocenters. The van der Waals surface area contributed by atoms with Crippen LogP contribution < -0.4 is 0 Å². The molecule has 0 heterocycles. The second-order valence-electron chi connectivity index (χ2n) is 4.01. The lowest BCUT2D eigenvalue weighted by Gasteiger charge is -2.15. The highest BCUT2D eigenvalue weighted by Gasteiger charge is 2.27. The smallest absolute Gasteiger partial charge is 0.0352 e. The summed E-state index contributed by atoms with van der Waals surface area (Å²) in [5.41, 5.74) is 0.666. The summed E-state index contributed by atoms with van der Waals surface area (Å²) in [6.45, 7) is 7.10. The molecule has 0 aromatic heterocycles. The van der Waals surface area contributed by atoms with Crippen LogP contribution in [0.25, 0.3) is 0 Å². The van der Waals surface area contributed by atoms with E-state index in [1.165, 1.54) is 19.3 Å². The Hall–Kier alpha value is 0. The summed E-state index contributed by atoms with van der Waals surface area (Å²) < 4.78 is 0. The van der Waals surface area contributed by atoms with Gasteiger partial charge in [-0.2, -0.15) is 0 Å². The van der Waals surface area contributed by atoms with Gasteiger partial charge in [0.2, 0.25) is 0 Å². The summed E-state index contributed by atoms with van der Waals surface area (Å²) in [5.74, 6) is 0.991. The van der Waals surface area contributed by atoms with Crippen LogP contribution in [0.1, 0.15) is 40.0 Å². The second kappa shape index (κ2) is 1.75. The highest BCUT2D eigenvalue weighted by molar-refractivity contribution is 4.79. The Balaban J connectivity index is 2.44. The lowest BCUT2D eigenvalue weighted by Crippen LogP contribution is -2.03. The monoisotopic (exact) mass is 112 g/mol. The van der Waals surface area contributed by atoms with Gasteiger partial charge < -0.3 is 0 Å². The lowest BCUT2D eigenvalue weighted by atomic mass is 9.91. The SMILES string of the molecule is C[C@@H]1CCC(C)(C)C1. The Morgan fingerprint density at radius 1 is 1.38 bits per heavy atom. The van der Waals surface area contributed by atoms with E-state index in [0.29, 0.717) is 5.41 Å². The Morgan fingerprint density at radius 3 is 2.12 bits per heavy atom. The van der Waals surface area contributed by atoms with E-state index in [1.807, 2.05) is 0 Å². The van der Waals surface area contributed by atoms with Gasteiger partial charge in [-0.25, -0.2) is 0 Å². The molecular formula is C8H16. The van der Waals surface area contributed by atoms with Crippen LogP contribution in [-0.4, -0.2) is 0 Å². The van der Waals surface area contributed by atoms with Gasteiger partial charge in [-0.05, 0) is 24.2 Å². The molecule has 0 saturated heterocycles. The molecule has 48 valence electrons. The third-order valence-corrected chi connectivity index (χ3v) is 2.21. The molecule has 1 atom stereocenters. The zero-order valence-electron chi connectivity index (χ0n) is 6.20. The van der Waals surface area contributed by atoms with E-state index in [0.717, 1.165) is 5.92 Å². The van der Waals surface area contributed by atoms with E-state index in [9.17, 15) is 0 Å². The zero-order chi connectivity index (χ0) is 6.20. The zero-order valence-corrected chi connectivity index (χ0v) is 6.20. The molecule has 0 bridgehead atoms. The minimum atomic E-state index is 0.666. The van der Waals surface area contributed by atoms with Crippen molar-refractivity contribution >= 4 is 0 Å². The first-order chi connectivity index (χ1) is 3.60. The summed E-state index contributed by atoms with van der Waals surface area (Å²) in [5, 5.41) is 0. The molecule has 0 aromatic carbocycles. The predicted octanol–water partition coefficient (Wildman–Crippen LogP) is 2.83. The molecule has 1 fully saturated rings. The maximum atomic E-state index is 2.37. The van der Waals surface area contributed by atoms with Crippen molar-refractivity contribution < 1.29 is 0 Å². The fourth-order valence-electron chi connectivity index (χ4n) is 1.78. The van der Waals surface area contributed by atoms with Gasteiger partial charge in [0.1, 0.15) is 0 Å². The number of rotatable bonds is 0. The topological polar surface area (TPSA) is 0 Å². The lowest BCUT2D eigenvalue weighted by molar-refractivity contribution is 0.366. The van der Waals surface area contributed by atoms with E-state index in [4.69, 9.17) is 0 Å². The van der Waals surface area contributed by atoms with Gasteiger partial charge in [-0.3, -0.25) is 0 Å². The van der Waals surface area contributed by atoms with Crippen molar-refractivity contribution in [2.45, 2.75) is 40.0 Å². The second-order valence-corrected chi connectivity index (χ2v) is 4.01. The van der Waals surface area contributed by atoms with Crippen molar-refractivity contribution in [3.8, 4) is 0 Å². The molecule has 0 radical (unpaired) electrons. The molecular weight excluding hydrogens is 96.1 g/mol. The van der Waals surface area contributed by atoms with Crippen LogP contribution in [0.15, 0.2) is 0 Å². The van der Waals surface area contributed by atoms with Crippen molar-refractivity contribution in [3.05, 3.63) is 0 Å². The summed E-state index contributed by atoms with van der Waals surface area (Å²) in [6.07, 6.45) is 4.33. The Kier molecular flexibility index (Phi) is 1.34. The molecule has 0 heteroatoms. The van der Waals surface area contributed by atoms with Crippen molar-refractivity contribution in [3.63, 3.8) is 0 Å². The quantitative estimate of drug-likeness (QED) is 0.452. The number of hydrogen-bond donors (Lipinski definition) is 0. The summed E-state index contributed by atoms with van der Waals surface area (Å²) in [7, 11) is 0. The number of hydrogen-bond acceptors (Lipinski definition) is 0. The highest BCUT2D eigenvalue weighted by atomic mass is 14.3. The molecule has 1 rings (SSSR count). The highest BCUT2D eigenvalue weighted by Crippen LogP contribution is 2.40. The van der Waals surface area contributed by atoms with Crippen molar-refractivity contribution in [1.82, 2.24) is 0 Å². The maximum absolute atomic E-state index is 2.37. The van der Waals surface area contributed by atoms with Crippen LogP contribution in [0.2, 0.25) is 0 Å². The summed E-state index contributed by atoms with van der Waals surface area (Å²) in [6, 6.07) is 0. The average molecular weight is 112 g/mol. The maximum Gasteiger partial charge on any atom is -0.0352 e. The molecule has 0 spiro atoms. The molecule has 0 N–H and O–H groups in total. The van der Waals surface area contributed by atoms with Gasteiger partial charge >= 0.3 is 0 Å². The largest absolute Gasteiger partial charge is 0.0625 e. The van der Waals surface area contributed by atoms with Gasteiger partial charge in [0.15, 0.2) is 0 Å². The van der Waals surface area contributed by atoms with Crippen LogP contribution in [0.5, 0.6) is 0 Å². The van der Waals surface area contributed by atoms with Crippen LogP contribution >= 0.6 is 0 Å². The molecule has 1 aliphatic carbocycles. The molecule has 8 heavy (non-hydrogen) atoms. The van der Waals surface area contributed by atoms with E-state index in [-0.39, 0.29) is 0 Å². The van der Waals surface area contributed by atoms with E-state index >= 15 is 0 Å². The van der Waals surface area contributed by atoms with Gasteiger partial charge in [0, 0.05) is 0 Å². The van der Waals surface area contributed by atoms with E-state index in [2.05, 4.69) is 20.8 Å². The van der Waals surface area contributed by atoms with Gasteiger partial charge in [0.25, 0.3) is 0 Å². The Morgan fingerprint density at radius 2 is 2.00 bits per heavy atom. The molecule has 0 aliphatic heterocycles. The van der Waals surface area contributed by atoms with E-state index < -0.39 is 0 Å². The van der Waals surface area contributed by atoms with Gasteiger partial charge in [0.05, 0.1) is 0 Å². The minimum Gasteiger partial charge on any atom is -0.0625 e. The molecule has 1 aliphatic rings. The predicted molar refractivity (Wildman–Crippen MR) is 36.8 cm³/mol. The fourth-order valence-corrected chi connectivity index (χ4v) is 1.78. The molecule has 0 aromatic rings.